The van der Waals surface area contributed by atoms with E-state index in [-0.39, 0.29) is 42.7 Å². The van der Waals surface area contributed by atoms with Crippen LogP contribution in [0.1, 0.15) is 71.0 Å². The minimum Gasteiger partial charge on any atom is -0.379 e. The lowest BCUT2D eigenvalue weighted by molar-refractivity contribution is -0.127. The van der Waals surface area contributed by atoms with Gasteiger partial charge in [-0.2, -0.15) is 0 Å². The fourth-order valence-corrected chi connectivity index (χ4v) is 6.50. The fraction of sp³-hybridized carbons (Fsp3) is 0.538. The summed E-state index contributed by atoms with van der Waals surface area (Å²) in [5.41, 5.74) is -2.66. The summed E-state index contributed by atoms with van der Waals surface area (Å²) >= 11 is 5.98. The molecule has 198 valence electrons. The Hall–Kier alpha value is -2.72. The molecule has 11 heteroatoms. The largest absolute Gasteiger partial charge is 0.379 e. The van der Waals surface area contributed by atoms with Crippen LogP contribution in [0.2, 0.25) is 5.02 Å². The summed E-state index contributed by atoms with van der Waals surface area (Å²) in [5, 5.41) is 5.14. The second-order valence-corrected chi connectivity index (χ2v) is 10.8. The van der Waals surface area contributed by atoms with Gasteiger partial charge in [0.25, 0.3) is 5.91 Å². The molecule has 37 heavy (non-hydrogen) atoms. The van der Waals surface area contributed by atoms with E-state index in [4.69, 9.17) is 20.5 Å². The van der Waals surface area contributed by atoms with Gasteiger partial charge in [-0.3, -0.25) is 9.59 Å². The maximum absolute atomic E-state index is 15.3. The maximum Gasteiger partial charge on any atom is 0.254 e. The van der Waals surface area contributed by atoms with Crippen molar-refractivity contribution in [1.29, 1.82) is 0 Å². The van der Waals surface area contributed by atoms with Crippen LogP contribution in [0.5, 0.6) is 0 Å². The van der Waals surface area contributed by atoms with Gasteiger partial charge in [0.15, 0.2) is 0 Å². The van der Waals surface area contributed by atoms with Crippen LogP contribution >= 0.6 is 11.6 Å². The molecule has 3 aliphatic carbocycles. The molecule has 2 bridgehead atoms. The number of fused-ring (bicyclic) bond motifs is 2. The monoisotopic (exact) mass is 539 g/mol. The molecule has 0 saturated heterocycles. The molecule has 0 unspecified atom stereocenters. The van der Waals surface area contributed by atoms with Crippen molar-refractivity contribution in [2.45, 2.75) is 68.8 Å². The van der Waals surface area contributed by atoms with Crippen molar-refractivity contribution in [2.75, 3.05) is 7.04 Å². The average Bonchev–Trinajstić information content (AvgIpc) is 3.56. The molecule has 0 radical (unpaired) electrons. The number of aromatic nitrogens is 2. The third-order valence-electron chi connectivity index (χ3n) is 8.24. The van der Waals surface area contributed by atoms with Gasteiger partial charge in [0, 0.05) is 30.9 Å². The molecule has 1 aromatic heterocycles. The molecule has 7 nitrogen and oxygen atoms in total. The van der Waals surface area contributed by atoms with Crippen molar-refractivity contribution in [2.24, 2.45) is 11.3 Å². The predicted molar refractivity (Wildman–Crippen MR) is 128 cm³/mol. The van der Waals surface area contributed by atoms with Crippen LogP contribution in [0.15, 0.2) is 30.9 Å². The van der Waals surface area contributed by atoms with Gasteiger partial charge in [0.1, 0.15) is 23.6 Å². The van der Waals surface area contributed by atoms with Crippen molar-refractivity contribution in [3.05, 3.63) is 58.6 Å². The Morgan fingerprint density at radius 2 is 1.92 bits per heavy atom. The lowest BCUT2D eigenvalue weighted by Crippen LogP contribution is -2.43. The lowest BCUT2D eigenvalue weighted by atomic mass is 9.74. The van der Waals surface area contributed by atoms with Crippen LogP contribution < -0.4 is 10.6 Å². The molecule has 2 N–H and O–H groups in total. The minimum absolute atomic E-state index is 0.000705. The van der Waals surface area contributed by atoms with E-state index in [0.717, 1.165) is 12.1 Å². The zero-order valence-corrected chi connectivity index (χ0v) is 20.5. The number of ether oxygens (including phenoxy) is 1. The van der Waals surface area contributed by atoms with Crippen LogP contribution in [0.3, 0.4) is 0 Å². The number of benzene rings is 1. The number of nitrogens with zero attached hydrogens (tertiary/aromatic N) is 2. The molecule has 3 aliphatic rings. The van der Waals surface area contributed by atoms with E-state index in [1.807, 2.05) is 0 Å². The van der Waals surface area contributed by atoms with E-state index in [9.17, 15) is 9.59 Å². The first-order valence-electron chi connectivity index (χ1n) is 13.7. The minimum atomic E-state index is -2.80. The van der Waals surface area contributed by atoms with Gasteiger partial charge in [0.05, 0.1) is 32.9 Å². The second kappa shape index (κ2) is 9.87. The third-order valence-corrected chi connectivity index (χ3v) is 8.54. The summed E-state index contributed by atoms with van der Waals surface area (Å²) in [6.07, 6.45) is 3.83. The van der Waals surface area contributed by atoms with E-state index in [2.05, 4.69) is 20.6 Å². The van der Waals surface area contributed by atoms with Gasteiger partial charge in [-0.1, -0.05) is 11.6 Å². The highest BCUT2D eigenvalue weighted by atomic mass is 35.5. The molecular weight excluding hydrogens is 509 g/mol. The maximum atomic E-state index is 15.3. The molecule has 4 atom stereocenters. The molecule has 3 saturated carbocycles. The number of rotatable bonds is 7. The molecule has 0 spiro atoms. The summed E-state index contributed by atoms with van der Waals surface area (Å²) in [5.74, 6) is -3.99. The summed E-state index contributed by atoms with van der Waals surface area (Å²) < 4.78 is 73.4. The number of carbonyl (C=O) groups excluding carboxylic acids is 2. The first-order chi connectivity index (χ1) is 18.8. The number of nitrogens with one attached hydrogen (secondary N) is 2. The van der Waals surface area contributed by atoms with Crippen molar-refractivity contribution < 1.29 is 31.6 Å². The van der Waals surface area contributed by atoms with E-state index in [1.165, 1.54) is 18.7 Å². The quantitative estimate of drug-likeness (QED) is 0.507. The highest BCUT2D eigenvalue weighted by Crippen LogP contribution is 2.63. The topological polar surface area (TPSA) is 93.2 Å². The van der Waals surface area contributed by atoms with E-state index >= 15 is 13.2 Å². The molecule has 2 aromatic rings. The fourth-order valence-electron chi connectivity index (χ4n) is 6.33. The standard InChI is InChI=1S/C26H28ClF3N4O3/c1-37-19-9-14(8-18(19)33-24(36)15-10-31-13-32-11-15)23(35)34-22(20-17(28)3-2-16(27)21(20)29)25-4-6-26(30,12-25)7-5-25/h2-3,10-11,13-14,18-19,22H,4-9,12H2,1H3,(H,33,36)(H,34,35)/t14-,18+,19-,22-,25?,26?/m1/s1/i1D3. The number of alkyl halides is 1. The van der Waals surface area contributed by atoms with Crippen molar-refractivity contribution >= 4 is 23.4 Å². The van der Waals surface area contributed by atoms with Crippen LogP contribution in [0.25, 0.3) is 0 Å². The highest BCUT2D eigenvalue weighted by molar-refractivity contribution is 6.30. The zero-order valence-electron chi connectivity index (χ0n) is 22.8. The van der Waals surface area contributed by atoms with Crippen LogP contribution in [-0.2, 0) is 9.53 Å². The van der Waals surface area contributed by atoms with Gasteiger partial charge in [-0.05, 0) is 62.5 Å². The summed E-state index contributed by atoms with van der Waals surface area (Å²) in [4.78, 5) is 34.0. The molecule has 2 amide bonds. The van der Waals surface area contributed by atoms with Gasteiger partial charge in [-0.15, -0.1) is 0 Å². The Morgan fingerprint density at radius 3 is 2.57 bits per heavy atom. The number of carbonyl (C=O) groups is 2. The van der Waals surface area contributed by atoms with Crippen LogP contribution in [0.4, 0.5) is 13.2 Å². The number of halogens is 4. The van der Waals surface area contributed by atoms with E-state index in [1.54, 1.807) is 0 Å². The Kier molecular flexibility index (Phi) is 5.94. The first-order valence-corrected chi connectivity index (χ1v) is 12.5. The first kappa shape index (κ1) is 22.3. The van der Waals surface area contributed by atoms with Crippen molar-refractivity contribution in [1.82, 2.24) is 20.6 Å². The van der Waals surface area contributed by atoms with Gasteiger partial charge in [0.2, 0.25) is 5.91 Å². The Balaban J connectivity index is 1.40. The van der Waals surface area contributed by atoms with Crippen molar-refractivity contribution in [3.8, 4) is 0 Å². The summed E-state index contributed by atoms with van der Waals surface area (Å²) in [6, 6.07) is 0.0264. The normalized spacial score (nSPS) is 32.9. The smallest absolute Gasteiger partial charge is 0.254 e. The molecule has 0 aliphatic heterocycles. The van der Waals surface area contributed by atoms with Crippen LogP contribution in [0, 0.1) is 23.0 Å². The van der Waals surface area contributed by atoms with Crippen molar-refractivity contribution in [3.63, 3.8) is 0 Å². The van der Waals surface area contributed by atoms with Gasteiger partial charge in [-0.25, -0.2) is 23.1 Å². The van der Waals surface area contributed by atoms with E-state index in [0.29, 0.717) is 12.8 Å². The summed E-state index contributed by atoms with van der Waals surface area (Å²) in [6.45, 7) is 0. The highest BCUT2D eigenvalue weighted by Gasteiger charge is 2.59. The molecule has 1 heterocycles. The number of amides is 2. The zero-order chi connectivity index (χ0) is 28.9. The van der Waals surface area contributed by atoms with E-state index < -0.39 is 71.2 Å². The van der Waals surface area contributed by atoms with Crippen LogP contribution in [-0.4, -0.2) is 46.6 Å². The lowest BCUT2D eigenvalue weighted by Gasteiger charge is -2.37. The number of methoxy groups -OCH3 is 1. The average molecular weight is 540 g/mol. The number of hydrogen-bond donors (Lipinski definition) is 2. The van der Waals surface area contributed by atoms with Gasteiger partial charge >= 0.3 is 0 Å². The molecule has 3 fully saturated rings. The SMILES string of the molecule is [2H]C([2H])([2H])O[C@@H]1C[C@H](C(=O)N[C@H](c2c(F)ccc(Cl)c2F)C23CCC(F)(CC2)C3)C[C@@H]1NC(=O)c1cncnc1. The third kappa shape index (κ3) is 4.81. The second-order valence-electron chi connectivity index (χ2n) is 10.4. The number of hydrogen-bond acceptors (Lipinski definition) is 5. The van der Waals surface area contributed by atoms with Gasteiger partial charge < -0.3 is 15.4 Å². The molecule has 5 rings (SSSR count). The Bertz CT molecular complexity index is 1300. The Morgan fingerprint density at radius 1 is 1.19 bits per heavy atom. The molecule has 1 aromatic carbocycles. The molecular formula is C26H28ClF3N4O3. The Labute approximate surface area is 221 Å². The summed E-state index contributed by atoms with van der Waals surface area (Å²) in [7, 11) is -2.80. The predicted octanol–water partition coefficient (Wildman–Crippen LogP) is 4.46.